The highest BCUT2D eigenvalue weighted by molar-refractivity contribution is 5.92. The molecule has 0 spiro atoms. The van der Waals surface area contributed by atoms with Crippen molar-refractivity contribution in [3.8, 4) is 11.5 Å². The third kappa shape index (κ3) is 3.94. The van der Waals surface area contributed by atoms with Gasteiger partial charge in [0, 0.05) is 18.7 Å². The fourth-order valence-corrected chi connectivity index (χ4v) is 3.28. The maximum Gasteiger partial charge on any atom is 0.322 e. The van der Waals surface area contributed by atoms with Gasteiger partial charge >= 0.3 is 6.03 Å². The van der Waals surface area contributed by atoms with E-state index in [0.717, 1.165) is 24.2 Å². The Morgan fingerprint density at radius 3 is 2.56 bits per heavy atom. The Kier molecular flexibility index (Phi) is 5.44. The topological polar surface area (TPSA) is 93.9 Å². The fraction of sp³-hybridized carbons (Fsp3) is 0.316. The number of nitrogens with one attached hydrogen (secondary N) is 1. The standard InChI is InChI=1S/C19H21N3O5/c1-26-15-8-5-13(6-9-15)17-4-3-11-21(17)19(23)20-16-12-14(22(24)25)7-10-18(16)27-2/h5-10,12,17H,3-4,11H2,1-2H3,(H,20,23)/t17-/m1/s1. The number of nitro benzene ring substituents is 1. The van der Waals surface area contributed by atoms with E-state index >= 15 is 0 Å². The van der Waals surface area contributed by atoms with Crippen molar-refractivity contribution in [1.29, 1.82) is 0 Å². The molecule has 1 aliphatic heterocycles. The summed E-state index contributed by atoms with van der Waals surface area (Å²) in [6.07, 6.45) is 1.74. The first kappa shape index (κ1) is 18.5. The average Bonchev–Trinajstić information content (AvgIpc) is 3.18. The van der Waals surface area contributed by atoms with Gasteiger partial charge < -0.3 is 19.7 Å². The third-order valence-electron chi connectivity index (χ3n) is 4.65. The van der Waals surface area contributed by atoms with Crippen LogP contribution >= 0.6 is 0 Å². The Bertz CT molecular complexity index is 838. The number of nitro groups is 1. The summed E-state index contributed by atoms with van der Waals surface area (Å²) in [5.41, 5.74) is 1.19. The molecule has 27 heavy (non-hydrogen) atoms. The maximum absolute atomic E-state index is 12.8. The van der Waals surface area contributed by atoms with E-state index in [4.69, 9.17) is 9.47 Å². The number of ether oxygens (including phenoxy) is 2. The summed E-state index contributed by atoms with van der Waals surface area (Å²) in [5, 5.41) is 13.8. The van der Waals surface area contributed by atoms with E-state index < -0.39 is 4.92 Å². The lowest BCUT2D eigenvalue weighted by molar-refractivity contribution is -0.384. The highest BCUT2D eigenvalue weighted by Gasteiger charge is 2.30. The first-order chi connectivity index (χ1) is 13.0. The fourth-order valence-electron chi connectivity index (χ4n) is 3.28. The summed E-state index contributed by atoms with van der Waals surface area (Å²) in [6.45, 7) is 0.611. The van der Waals surface area contributed by atoms with Crippen molar-refractivity contribution < 1.29 is 19.2 Å². The van der Waals surface area contributed by atoms with Gasteiger partial charge in [0.05, 0.1) is 30.9 Å². The molecule has 1 aliphatic rings. The molecule has 1 heterocycles. The van der Waals surface area contributed by atoms with Crippen LogP contribution in [0.3, 0.4) is 0 Å². The van der Waals surface area contributed by atoms with Gasteiger partial charge in [0.25, 0.3) is 5.69 Å². The van der Waals surface area contributed by atoms with Crippen molar-refractivity contribution in [2.24, 2.45) is 0 Å². The van der Waals surface area contributed by atoms with Crippen molar-refractivity contribution in [1.82, 2.24) is 4.90 Å². The van der Waals surface area contributed by atoms with Gasteiger partial charge in [-0.15, -0.1) is 0 Å². The van der Waals surface area contributed by atoms with E-state index in [1.165, 1.54) is 25.3 Å². The quantitative estimate of drug-likeness (QED) is 0.634. The van der Waals surface area contributed by atoms with Gasteiger partial charge in [-0.05, 0) is 36.6 Å². The molecular weight excluding hydrogens is 350 g/mol. The Morgan fingerprint density at radius 2 is 1.93 bits per heavy atom. The summed E-state index contributed by atoms with van der Waals surface area (Å²) < 4.78 is 10.4. The number of likely N-dealkylation sites (tertiary alicyclic amines) is 1. The summed E-state index contributed by atoms with van der Waals surface area (Å²) >= 11 is 0. The number of urea groups is 1. The van der Waals surface area contributed by atoms with Crippen molar-refractivity contribution >= 4 is 17.4 Å². The highest BCUT2D eigenvalue weighted by Crippen LogP contribution is 2.35. The molecule has 2 aromatic rings. The largest absolute Gasteiger partial charge is 0.497 e. The predicted molar refractivity (Wildman–Crippen MR) is 100 cm³/mol. The van der Waals surface area contributed by atoms with Gasteiger partial charge in [-0.3, -0.25) is 10.1 Å². The monoisotopic (exact) mass is 371 g/mol. The van der Waals surface area contributed by atoms with Gasteiger partial charge in [0.15, 0.2) is 0 Å². The van der Waals surface area contributed by atoms with Crippen LogP contribution in [-0.4, -0.2) is 36.6 Å². The van der Waals surface area contributed by atoms with E-state index in [1.54, 1.807) is 12.0 Å². The van der Waals surface area contributed by atoms with E-state index in [1.807, 2.05) is 24.3 Å². The number of methoxy groups -OCH3 is 2. The molecule has 0 bridgehead atoms. The van der Waals surface area contributed by atoms with Crippen LogP contribution in [0.4, 0.5) is 16.2 Å². The smallest absolute Gasteiger partial charge is 0.322 e. The van der Waals surface area contributed by atoms with E-state index in [2.05, 4.69) is 5.32 Å². The number of hydrogen-bond donors (Lipinski definition) is 1. The minimum absolute atomic E-state index is 0.0550. The second-order valence-corrected chi connectivity index (χ2v) is 6.20. The second kappa shape index (κ2) is 7.94. The van der Waals surface area contributed by atoms with Gasteiger partial charge in [0.1, 0.15) is 11.5 Å². The second-order valence-electron chi connectivity index (χ2n) is 6.20. The number of benzene rings is 2. The molecular formula is C19H21N3O5. The number of carbonyl (C=O) groups excluding carboxylic acids is 1. The summed E-state index contributed by atoms with van der Waals surface area (Å²) in [6, 6.07) is 11.4. The number of amides is 2. The van der Waals surface area contributed by atoms with Crippen LogP contribution < -0.4 is 14.8 Å². The van der Waals surface area contributed by atoms with Crippen molar-refractivity contribution in [3.63, 3.8) is 0 Å². The number of hydrogen-bond acceptors (Lipinski definition) is 5. The molecule has 0 unspecified atom stereocenters. The zero-order valence-electron chi connectivity index (χ0n) is 15.2. The van der Waals surface area contributed by atoms with Gasteiger partial charge in [-0.25, -0.2) is 4.79 Å². The van der Waals surface area contributed by atoms with Crippen LogP contribution in [0.25, 0.3) is 0 Å². The van der Waals surface area contributed by atoms with Crippen LogP contribution in [0.5, 0.6) is 11.5 Å². The lowest BCUT2D eigenvalue weighted by atomic mass is 10.0. The molecule has 0 saturated carbocycles. The van der Waals surface area contributed by atoms with Gasteiger partial charge in [-0.2, -0.15) is 0 Å². The zero-order chi connectivity index (χ0) is 19.4. The predicted octanol–water partition coefficient (Wildman–Crippen LogP) is 3.98. The van der Waals surface area contributed by atoms with Gasteiger partial charge in [-0.1, -0.05) is 12.1 Å². The van der Waals surface area contributed by atoms with E-state index in [0.29, 0.717) is 12.3 Å². The number of nitrogens with zero attached hydrogens (tertiary/aromatic N) is 2. The van der Waals surface area contributed by atoms with Crippen molar-refractivity contribution in [2.75, 3.05) is 26.1 Å². The Balaban J connectivity index is 1.80. The van der Waals surface area contributed by atoms with E-state index in [9.17, 15) is 14.9 Å². The molecule has 8 nitrogen and oxygen atoms in total. The molecule has 1 atom stereocenters. The first-order valence-corrected chi connectivity index (χ1v) is 8.57. The van der Waals surface area contributed by atoms with Crippen molar-refractivity contribution in [3.05, 3.63) is 58.1 Å². The van der Waals surface area contributed by atoms with Gasteiger partial charge in [0.2, 0.25) is 0 Å². The minimum atomic E-state index is -0.509. The van der Waals surface area contributed by atoms with Crippen LogP contribution in [0, 0.1) is 10.1 Å². The third-order valence-corrected chi connectivity index (χ3v) is 4.65. The molecule has 1 saturated heterocycles. The molecule has 142 valence electrons. The minimum Gasteiger partial charge on any atom is -0.497 e. The number of rotatable bonds is 5. The average molecular weight is 371 g/mol. The summed E-state index contributed by atoms with van der Waals surface area (Å²) in [5.74, 6) is 1.13. The summed E-state index contributed by atoms with van der Waals surface area (Å²) in [4.78, 5) is 25.1. The molecule has 3 rings (SSSR count). The van der Waals surface area contributed by atoms with Crippen LogP contribution in [0.1, 0.15) is 24.4 Å². The lowest BCUT2D eigenvalue weighted by Gasteiger charge is -2.26. The number of non-ortho nitro benzene ring substituents is 1. The molecule has 2 amide bonds. The molecule has 2 aromatic carbocycles. The summed E-state index contributed by atoms with van der Waals surface area (Å²) in [7, 11) is 3.06. The molecule has 0 aliphatic carbocycles. The maximum atomic E-state index is 12.8. The lowest BCUT2D eigenvalue weighted by Crippen LogP contribution is -2.34. The SMILES string of the molecule is COc1ccc([C@H]2CCCN2C(=O)Nc2cc([N+](=O)[O-])ccc2OC)cc1. The molecule has 0 aromatic heterocycles. The molecule has 8 heteroatoms. The van der Waals surface area contributed by atoms with Crippen LogP contribution in [0.15, 0.2) is 42.5 Å². The molecule has 1 N–H and O–H groups in total. The molecule has 0 radical (unpaired) electrons. The van der Waals surface area contributed by atoms with Crippen molar-refractivity contribution in [2.45, 2.75) is 18.9 Å². The first-order valence-electron chi connectivity index (χ1n) is 8.57. The van der Waals surface area contributed by atoms with Crippen LogP contribution in [0.2, 0.25) is 0 Å². The Hall–Kier alpha value is -3.29. The Morgan fingerprint density at radius 1 is 1.19 bits per heavy atom. The number of anilines is 1. The Labute approximate surface area is 156 Å². The molecule has 1 fully saturated rings. The zero-order valence-corrected chi connectivity index (χ0v) is 15.2. The van der Waals surface area contributed by atoms with E-state index in [-0.39, 0.29) is 23.4 Å². The highest BCUT2D eigenvalue weighted by atomic mass is 16.6. The van der Waals surface area contributed by atoms with Crippen LogP contribution in [-0.2, 0) is 0 Å². The number of carbonyl (C=O) groups is 1. The normalized spacial score (nSPS) is 16.1.